The van der Waals surface area contributed by atoms with Crippen molar-refractivity contribution in [1.29, 1.82) is 0 Å². The summed E-state index contributed by atoms with van der Waals surface area (Å²) < 4.78 is 1.40. The topological polar surface area (TPSA) is 100 Å². The zero-order valence-electron chi connectivity index (χ0n) is 15.8. The molecule has 0 bridgehead atoms. The zero-order chi connectivity index (χ0) is 19.2. The number of piperidine rings is 2. The zero-order valence-corrected chi connectivity index (χ0v) is 15.8. The highest BCUT2D eigenvalue weighted by Gasteiger charge is 2.31. The molecule has 1 atom stereocenters. The monoisotopic (exact) mass is 376 g/mol. The van der Waals surface area contributed by atoms with Gasteiger partial charge in [0.15, 0.2) is 0 Å². The van der Waals surface area contributed by atoms with Crippen LogP contribution in [0.3, 0.4) is 0 Å². The lowest BCUT2D eigenvalue weighted by Gasteiger charge is -2.37. The van der Waals surface area contributed by atoms with Gasteiger partial charge in [-0.3, -0.25) is 14.4 Å². The number of rotatable bonds is 5. The van der Waals surface area contributed by atoms with Crippen molar-refractivity contribution in [3.05, 3.63) is 12.7 Å². The van der Waals surface area contributed by atoms with Gasteiger partial charge in [0.25, 0.3) is 0 Å². The smallest absolute Gasteiger partial charge is 0.242 e. The summed E-state index contributed by atoms with van der Waals surface area (Å²) in [7, 11) is 0. The first kappa shape index (κ1) is 19.3. The molecular formula is C18H28N6O3. The summed E-state index contributed by atoms with van der Waals surface area (Å²) in [5.41, 5.74) is 0. The maximum Gasteiger partial charge on any atom is 0.242 e. The van der Waals surface area contributed by atoms with Gasteiger partial charge in [-0.1, -0.05) is 6.92 Å². The fourth-order valence-electron chi connectivity index (χ4n) is 3.83. The quantitative estimate of drug-likeness (QED) is 0.773. The molecule has 27 heavy (non-hydrogen) atoms. The van der Waals surface area contributed by atoms with Crippen LogP contribution < -0.4 is 5.32 Å². The van der Waals surface area contributed by atoms with Gasteiger partial charge in [0.2, 0.25) is 17.7 Å². The van der Waals surface area contributed by atoms with Crippen LogP contribution >= 0.6 is 0 Å². The molecule has 3 amide bonds. The van der Waals surface area contributed by atoms with Crippen molar-refractivity contribution >= 4 is 17.7 Å². The summed E-state index contributed by atoms with van der Waals surface area (Å²) in [6.45, 7) is 5.05. The molecule has 0 saturated carbocycles. The van der Waals surface area contributed by atoms with Crippen LogP contribution in [-0.4, -0.2) is 75.0 Å². The van der Waals surface area contributed by atoms with Gasteiger partial charge in [0.1, 0.15) is 19.2 Å². The Morgan fingerprint density at radius 1 is 1.11 bits per heavy atom. The van der Waals surface area contributed by atoms with E-state index in [1.807, 2.05) is 4.90 Å². The SMILES string of the molecule is C[C@@H]1CCCN(C(=O)C2CCN(C(=O)CNC(=O)Cn3cncn3)CC2)C1. The van der Waals surface area contributed by atoms with Crippen LogP contribution in [-0.2, 0) is 20.9 Å². The third-order valence-corrected chi connectivity index (χ3v) is 5.37. The van der Waals surface area contributed by atoms with Crippen molar-refractivity contribution < 1.29 is 14.4 Å². The van der Waals surface area contributed by atoms with Crippen LogP contribution in [0.5, 0.6) is 0 Å². The van der Waals surface area contributed by atoms with Crippen molar-refractivity contribution in [3.63, 3.8) is 0 Å². The molecule has 9 nitrogen and oxygen atoms in total. The Bertz CT molecular complexity index is 654. The minimum atomic E-state index is -0.280. The average Bonchev–Trinajstić information content (AvgIpc) is 3.18. The molecule has 0 radical (unpaired) electrons. The van der Waals surface area contributed by atoms with Crippen LogP contribution in [0, 0.1) is 11.8 Å². The van der Waals surface area contributed by atoms with Crippen LogP contribution in [0.15, 0.2) is 12.7 Å². The van der Waals surface area contributed by atoms with Gasteiger partial charge in [-0.2, -0.15) is 5.10 Å². The lowest BCUT2D eigenvalue weighted by atomic mass is 9.92. The van der Waals surface area contributed by atoms with E-state index in [-0.39, 0.29) is 36.7 Å². The molecule has 2 fully saturated rings. The Morgan fingerprint density at radius 3 is 2.56 bits per heavy atom. The third kappa shape index (κ3) is 5.27. The first-order valence-corrected chi connectivity index (χ1v) is 9.68. The van der Waals surface area contributed by atoms with Crippen molar-refractivity contribution in [3.8, 4) is 0 Å². The number of likely N-dealkylation sites (tertiary alicyclic amines) is 2. The minimum absolute atomic E-state index is 0.0151. The fraction of sp³-hybridized carbons (Fsp3) is 0.722. The Morgan fingerprint density at radius 2 is 1.89 bits per heavy atom. The molecule has 3 rings (SSSR count). The summed E-state index contributed by atoms with van der Waals surface area (Å²) in [5.74, 6) is 0.444. The molecule has 0 aromatic carbocycles. The summed E-state index contributed by atoms with van der Waals surface area (Å²) >= 11 is 0. The normalized spacial score (nSPS) is 21.1. The number of carbonyl (C=O) groups is 3. The lowest BCUT2D eigenvalue weighted by molar-refractivity contribution is -0.142. The maximum atomic E-state index is 12.7. The molecule has 2 saturated heterocycles. The van der Waals surface area contributed by atoms with E-state index < -0.39 is 0 Å². The number of carbonyl (C=O) groups excluding carboxylic acids is 3. The number of amides is 3. The third-order valence-electron chi connectivity index (χ3n) is 5.37. The number of hydrogen-bond donors (Lipinski definition) is 1. The van der Waals surface area contributed by atoms with E-state index >= 15 is 0 Å². The Balaban J connectivity index is 1.38. The number of aromatic nitrogens is 3. The van der Waals surface area contributed by atoms with Gasteiger partial charge in [0.05, 0.1) is 6.54 Å². The lowest BCUT2D eigenvalue weighted by Crippen LogP contribution is -2.48. The molecule has 1 aromatic rings. The first-order valence-electron chi connectivity index (χ1n) is 9.68. The highest BCUT2D eigenvalue weighted by Crippen LogP contribution is 2.23. The predicted octanol–water partition coefficient (Wildman–Crippen LogP) is -0.109. The molecule has 1 N–H and O–H groups in total. The molecule has 148 valence electrons. The predicted molar refractivity (Wildman–Crippen MR) is 97.3 cm³/mol. The molecule has 0 spiro atoms. The summed E-state index contributed by atoms with van der Waals surface area (Å²) in [6.07, 6.45) is 6.48. The van der Waals surface area contributed by atoms with Crippen LogP contribution in [0.2, 0.25) is 0 Å². The molecule has 2 aliphatic heterocycles. The highest BCUT2D eigenvalue weighted by atomic mass is 16.2. The average molecular weight is 376 g/mol. The van der Waals surface area contributed by atoms with Crippen LogP contribution in [0.25, 0.3) is 0 Å². The molecular weight excluding hydrogens is 348 g/mol. The van der Waals surface area contributed by atoms with Gasteiger partial charge in [-0.15, -0.1) is 0 Å². The van der Waals surface area contributed by atoms with E-state index in [9.17, 15) is 14.4 Å². The molecule has 1 aromatic heterocycles. The second-order valence-corrected chi connectivity index (χ2v) is 7.56. The van der Waals surface area contributed by atoms with E-state index in [4.69, 9.17) is 0 Å². The highest BCUT2D eigenvalue weighted by molar-refractivity contribution is 5.85. The van der Waals surface area contributed by atoms with Crippen molar-refractivity contribution in [2.24, 2.45) is 11.8 Å². The summed E-state index contributed by atoms with van der Waals surface area (Å²) in [6, 6.07) is 0. The van der Waals surface area contributed by atoms with E-state index in [0.717, 1.165) is 19.5 Å². The van der Waals surface area contributed by atoms with Crippen molar-refractivity contribution in [2.45, 2.75) is 39.2 Å². The Labute approximate surface area is 159 Å². The second-order valence-electron chi connectivity index (χ2n) is 7.56. The Kier molecular flexibility index (Phi) is 6.41. The van der Waals surface area contributed by atoms with Gasteiger partial charge >= 0.3 is 0 Å². The van der Waals surface area contributed by atoms with E-state index in [1.165, 1.54) is 23.8 Å². The summed E-state index contributed by atoms with van der Waals surface area (Å²) in [4.78, 5) is 44.3. The number of hydrogen-bond acceptors (Lipinski definition) is 5. The standard InChI is InChI=1S/C18H28N6O3/c1-14-3-2-6-23(10-14)18(27)15-4-7-22(8-5-15)17(26)9-20-16(25)11-24-13-19-12-21-24/h12-15H,2-11H2,1H3,(H,20,25)/t14-/m1/s1. The van der Waals surface area contributed by atoms with E-state index in [0.29, 0.717) is 31.8 Å². The van der Waals surface area contributed by atoms with E-state index in [1.54, 1.807) is 4.90 Å². The maximum absolute atomic E-state index is 12.7. The first-order chi connectivity index (χ1) is 13.0. The minimum Gasteiger partial charge on any atom is -0.345 e. The number of nitrogens with zero attached hydrogens (tertiary/aromatic N) is 5. The molecule has 3 heterocycles. The molecule has 0 aliphatic carbocycles. The van der Waals surface area contributed by atoms with Gasteiger partial charge in [-0.25, -0.2) is 9.67 Å². The van der Waals surface area contributed by atoms with E-state index in [2.05, 4.69) is 22.3 Å². The van der Waals surface area contributed by atoms with Gasteiger partial charge in [0, 0.05) is 32.1 Å². The van der Waals surface area contributed by atoms with Crippen molar-refractivity contribution in [1.82, 2.24) is 29.9 Å². The largest absolute Gasteiger partial charge is 0.345 e. The molecule has 2 aliphatic rings. The molecule has 9 heteroatoms. The number of nitrogens with one attached hydrogen (secondary N) is 1. The Hall–Kier alpha value is -2.45. The summed E-state index contributed by atoms with van der Waals surface area (Å²) in [5, 5.41) is 6.47. The van der Waals surface area contributed by atoms with Gasteiger partial charge in [-0.05, 0) is 31.6 Å². The van der Waals surface area contributed by atoms with Crippen LogP contribution in [0.4, 0.5) is 0 Å². The fourth-order valence-corrected chi connectivity index (χ4v) is 3.83. The molecule has 0 unspecified atom stereocenters. The second kappa shape index (κ2) is 8.96. The van der Waals surface area contributed by atoms with Crippen molar-refractivity contribution in [2.75, 3.05) is 32.7 Å². The van der Waals surface area contributed by atoms with Crippen LogP contribution in [0.1, 0.15) is 32.6 Å². The van der Waals surface area contributed by atoms with Gasteiger partial charge < -0.3 is 15.1 Å².